The van der Waals surface area contributed by atoms with E-state index in [0.717, 1.165) is 18.2 Å². The van der Waals surface area contributed by atoms with Gasteiger partial charge in [0.2, 0.25) is 0 Å². The molecule has 0 amide bonds. The number of aryl methyl sites for hydroxylation is 1. The first kappa shape index (κ1) is 16.9. The van der Waals surface area contributed by atoms with Crippen LogP contribution in [-0.2, 0) is 0 Å². The van der Waals surface area contributed by atoms with E-state index in [-0.39, 0.29) is 0 Å². The highest BCUT2D eigenvalue weighted by atomic mass is 14.9. The maximum absolute atomic E-state index is 4.26. The first-order valence-electron chi connectivity index (χ1n) is 8.67. The van der Waals surface area contributed by atoms with Gasteiger partial charge in [0.25, 0.3) is 0 Å². The zero-order valence-electron chi connectivity index (χ0n) is 14.8. The van der Waals surface area contributed by atoms with Crippen LogP contribution in [0.3, 0.4) is 0 Å². The quantitative estimate of drug-likeness (QED) is 0.708. The molecule has 1 aromatic carbocycles. The van der Waals surface area contributed by atoms with Crippen LogP contribution in [0.25, 0.3) is 11.3 Å². The van der Waals surface area contributed by atoms with E-state index in [1.54, 1.807) is 0 Å². The summed E-state index contributed by atoms with van der Waals surface area (Å²) < 4.78 is 0. The molecule has 0 atom stereocenters. The zero-order valence-corrected chi connectivity index (χ0v) is 14.8. The maximum Gasteiger partial charge on any atom is 0.0341 e. The fourth-order valence-corrected chi connectivity index (χ4v) is 3.24. The Morgan fingerprint density at radius 1 is 1.14 bits per heavy atom. The lowest BCUT2D eigenvalue weighted by atomic mass is 9.89. The molecule has 1 nitrogen and oxygen atoms in total. The Balaban J connectivity index is 2.06. The van der Waals surface area contributed by atoms with Gasteiger partial charge in [-0.1, -0.05) is 43.5 Å². The van der Waals surface area contributed by atoms with Gasteiger partial charge in [-0.05, 0) is 74.8 Å². The number of allylic oxidation sites excluding steroid dienone is 2. The van der Waals surface area contributed by atoms with Gasteiger partial charge in [-0.25, -0.2) is 0 Å². The number of hydrogen-bond acceptors (Lipinski definition) is 1. The molecule has 0 spiro atoms. The van der Waals surface area contributed by atoms with Gasteiger partial charge in [-0.15, -0.1) is 0 Å². The third kappa shape index (κ3) is 4.25. The van der Waals surface area contributed by atoms with Crippen molar-refractivity contribution < 1.29 is 0 Å². The van der Waals surface area contributed by atoms with Crippen molar-refractivity contribution in [1.82, 2.24) is 5.32 Å². The first-order chi connectivity index (χ1) is 10.5. The smallest absolute Gasteiger partial charge is 0.0341 e. The Morgan fingerprint density at radius 3 is 2.45 bits per heavy atom. The van der Waals surface area contributed by atoms with Gasteiger partial charge in [-0.2, -0.15) is 0 Å². The summed E-state index contributed by atoms with van der Waals surface area (Å²) in [4.78, 5) is 0. The molecule has 0 unspecified atom stereocenters. The molecule has 1 fully saturated rings. The molecular formula is C21H31N. The summed E-state index contributed by atoms with van der Waals surface area (Å²) in [5.41, 5.74) is 7.71. The Bertz CT molecular complexity index is 555. The van der Waals surface area contributed by atoms with E-state index in [2.05, 4.69) is 57.8 Å². The van der Waals surface area contributed by atoms with E-state index in [1.807, 2.05) is 0 Å². The molecule has 0 heterocycles. The molecule has 0 bridgehead atoms. The molecule has 1 aromatic rings. The summed E-state index contributed by atoms with van der Waals surface area (Å²) in [5.74, 6) is 0.829. The largest absolute Gasteiger partial charge is 0.385 e. The Hall–Kier alpha value is -1.50. The summed E-state index contributed by atoms with van der Waals surface area (Å²) in [6.45, 7) is 14.1. The standard InChI is InChI=1S/C21H31N/c1-15(2)17(4)21-13-20(12-11-16(21)3)18(5)22-14-19-9-7-6-8-10-19/h11-13,19,22H,5-10,14H2,1-4H3. The minimum absolute atomic E-state index is 0.829. The van der Waals surface area contributed by atoms with E-state index < -0.39 is 0 Å². The van der Waals surface area contributed by atoms with Gasteiger partial charge in [0.1, 0.15) is 0 Å². The highest BCUT2D eigenvalue weighted by Gasteiger charge is 2.13. The SMILES string of the molecule is C=C(NCC1CCCCC1)c1ccc(C)c(C(C)=C(C)C)c1. The molecule has 120 valence electrons. The van der Waals surface area contributed by atoms with Crippen LogP contribution in [0, 0.1) is 12.8 Å². The van der Waals surface area contributed by atoms with Crippen LogP contribution in [0.15, 0.2) is 30.4 Å². The zero-order chi connectivity index (χ0) is 16.1. The van der Waals surface area contributed by atoms with E-state index in [0.29, 0.717) is 0 Å². The molecule has 22 heavy (non-hydrogen) atoms. The molecule has 0 radical (unpaired) electrons. The lowest BCUT2D eigenvalue weighted by molar-refractivity contribution is 0.355. The van der Waals surface area contributed by atoms with Crippen LogP contribution in [0.5, 0.6) is 0 Å². The molecule has 0 saturated heterocycles. The molecular weight excluding hydrogens is 266 g/mol. The predicted octanol–water partition coefficient (Wildman–Crippen LogP) is 5.95. The topological polar surface area (TPSA) is 12.0 Å². The van der Waals surface area contributed by atoms with Crippen LogP contribution in [0.4, 0.5) is 0 Å². The van der Waals surface area contributed by atoms with Gasteiger partial charge in [-0.3, -0.25) is 0 Å². The molecule has 1 aliphatic rings. The second-order valence-corrected chi connectivity index (χ2v) is 7.02. The van der Waals surface area contributed by atoms with Crippen molar-refractivity contribution in [2.24, 2.45) is 5.92 Å². The molecule has 1 N–H and O–H groups in total. The van der Waals surface area contributed by atoms with Crippen LogP contribution in [-0.4, -0.2) is 6.54 Å². The van der Waals surface area contributed by atoms with E-state index >= 15 is 0 Å². The summed E-state index contributed by atoms with van der Waals surface area (Å²) >= 11 is 0. The van der Waals surface area contributed by atoms with E-state index in [1.165, 1.54) is 59.9 Å². The molecule has 0 aliphatic heterocycles. The first-order valence-corrected chi connectivity index (χ1v) is 8.67. The Labute approximate surface area is 136 Å². The van der Waals surface area contributed by atoms with Gasteiger partial charge in [0.15, 0.2) is 0 Å². The third-order valence-corrected chi connectivity index (χ3v) is 5.07. The van der Waals surface area contributed by atoms with Crippen molar-refractivity contribution in [2.45, 2.75) is 59.8 Å². The second kappa shape index (κ2) is 7.67. The minimum atomic E-state index is 0.829. The fourth-order valence-electron chi connectivity index (χ4n) is 3.24. The Kier molecular flexibility index (Phi) is 5.88. The number of rotatable bonds is 5. The number of benzene rings is 1. The Morgan fingerprint density at radius 2 is 1.82 bits per heavy atom. The van der Waals surface area contributed by atoms with Gasteiger partial charge >= 0.3 is 0 Å². The van der Waals surface area contributed by atoms with Crippen LogP contribution >= 0.6 is 0 Å². The van der Waals surface area contributed by atoms with Crippen LogP contribution < -0.4 is 5.32 Å². The van der Waals surface area contributed by atoms with Gasteiger partial charge in [0, 0.05) is 12.2 Å². The summed E-state index contributed by atoms with van der Waals surface area (Å²) in [5, 5.41) is 3.57. The average Bonchev–Trinajstić information content (AvgIpc) is 2.53. The van der Waals surface area contributed by atoms with Gasteiger partial charge in [0.05, 0.1) is 0 Å². The molecule has 1 heteroatoms. The van der Waals surface area contributed by atoms with E-state index in [4.69, 9.17) is 0 Å². The molecule has 2 rings (SSSR count). The van der Waals surface area contributed by atoms with Crippen LogP contribution in [0.2, 0.25) is 0 Å². The number of nitrogens with one attached hydrogen (secondary N) is 1. The second-order valence-electron chi connectivity index (χ2n) is 7.02. The molecule has 1 aliphatic carbocycles. The summed E-state index contributed by atoms with van der Waals surface area (Å²) in [7, 11) is 0. The molecule has 0 aromatic heterocycles. The van der Waals surface area contributed by atoms with Crippen molar-refractivity contribution in [1.29, 1.82) is 0 Å². The monoisotopic (exact) mass is 297 g/mol. The predicted molar refractivity (Wildman–Crippen MR) is 98.7 cm³/mol. The highest BCUT2D eigenvalue weighted by molar-refractivity contribution is 5.73. The van der Waals surface area contributed by atoms with Crippen molar-refractivity contribution in [2.75, 3.05) is 6.54 Å². The van der Waals surface area contributed by atoms with Gasteiger partial charge < -0.3 is 5.32 Å². The van der Waals surface area contributed by atoms with Crippen LogP contribution in [0.1, 0.15) is 69.6 Å². The van der Waals surface area contributed by atoms with Crippen molar-refractivity contribution in [3.05, 3.63) is 47.0 Å². The maximum atomic E-state index is 4.26. The van der Waals surface area contributed by atoms with E-state index in [9.17, 15) is 0 Å². The van der Waals surface area contributed by atoms with Crippen molar-refractivity contribution in [3.8, 4) is 0 Å². The summed E-state index contributed by atoms with van der Waals surface area (Å²) in [6, 6.07) is 6.69. The highest BCUT2D eigenvalue weighted by Crippen LogP contribution is 2.26. The van der Waals surface area contributed by atoms with Crippen molar-refractivity contribution >= 4 is 11.3 Å². The third-order valence-electron chi connectivity index (χ3n) is 5.07. The average molecular weight is 297 g/mol. The fraction of sp³-hybridized carbons (Fsp3) is 0.524. The molecule has 1 saturated carbocycles. The minimum Gasteiger partial charge on any atom is -0.385 e. The normalized spacial score (nSPS) is 15.5. The lowest BCUT2D eigenvalue weighted by Gasteiger charge is -2.23. The lowest BCUT2D eigenvalue weighted by Crippen LogP contribution is -2.23. The number of hydrogen-bond donors (Lipinski definition) is 1. The summed E-state index contributed by atoms with van der Waals surface area (Å²) in [6.07, 6.45) is 6.95. The van der Waals surface area contributed by atoms with Crippen molar-refractivity contribution in [3.63, 3.8) is 0 Å².